The van der Waals surface area contributed by atoms with Crippen LogP contribution in [0.1, 0.15) is 68.8 Å². The second-order valence-corrected chi connectivity index (χ2v) is 10.2. The zero-order chi connectivity index (χ0) is 19.2. The Bertz CT molecular complexity index is 674. The molecule has 4 bridgehead atoms. The summed E-state index contributed by atoms with van der Waals surface area (Å²) in [6.45, 7) is 6.32. The highest BCUT2D eigenvalue weighted by Gasteiger charge is 2.53. The highest BCUT2D eigenvalue weighted by Crippen LogP contribution is 2.61. The summed E-state index contributed by atoms with van der Waals surface area (Å²) in [4.78, 5) is 21.8. The number of hydrogen-bond acceptors (Lipinski definition) is 4. The third-order valence-corrected chi connectivity index (χ3v) is 8.11. The van der Waals surface area contributed by atoms with Crippen molar-refractivity contribution in [3.8, 4) is 0 Å². The molecule has 5 heteroatoms. The largest absolute Gasteiger partial charge is 0.353 e. The lowest BCUT2D eigenvalue weighted by molar-refractivity contribution is -0.125. The van der Waals surface area contributed by atoms with E-state index in [2.05, 4.69) is 22.2 Å². The summed E-state index contributed by atoms with van der Waals surface area (Å²) in [6, 6.07) is 0.302. The van der Waals surface area contributed by atoms with Crippen molar-refractivity contribution in [3.05, 3.63) is 17.0 Å². The van der Waals surface area contributed by atoms with Crippen LogP contribution in [0.4, 0.5) is 0 Å². The first-order chi connectivity index (χ1) is 12.9. The standard InChI is InChI=1S/C22H33N3OS/c1-13-19(14(2)24-21(23-13)27-4)5-6-20(26)25-15(3)22-10-16-7-17(11-22)9-18(8-16)12-22/h15-18H,5-12H2,1-4H3,(H,25,26)/t15-,16?,17?,18?,22?/m0/s1. The van der Waals surface area contributed by atoms with E-state index < -0.39 is 0 Å². The molecule has 5 rings (SSSR count). The molecule has 4 fully saturated rings. The minimum Gasteiger partial charge on any atom is -0.353 e. The summed E-state index contributed by atoms with van der Waals surface area (Å²) >= 11 is 1.56. The minimum atomic E-state index is 0.186. The zero-order valence-electron chi connectivity index (χ0n) is 17.2. The lowest BCUT2D eigenvalue weighted by Crippen LogP contribution is -2.55. The SMILES string of the molecule is CSc1nc(C)c(CCC(=O)N[C@@H](C)C23CC4CC(CC(C4)C2)C3)c(C)n1. The van der Waals surface area contributed by atoms with Crippen LogP contribution >= 0.6 is 11.8 Å². The number of aryl methyl sites for hydroxylation is 2. The van der Waals surface area contributed by atoms with Crippen LogP contribution in [0.5, 0.6) is 0 Å². The van der Waals surface area contributed by atoms with E-state index in [4.69, 9.17) is 0 Å². The molecule has 1 N–H and O–H groups in total. The van der Waals surface area contributed by atoms with E-state index in [0.29, 0.717) is 17.9 Å². The van der Waals surface area contributed by atoms with Gasteiger partial charge >= 0.3 is 0 Å². The second-order valence-electron chi connectivity index (χ2n) is 9.43. The van der Waals surface area contributed by atoms with Crippen molar-refractivity contribution in [2.24, 2.45) is 23.2 Å². The van der Waals surface area contributed by atoms with Crippen molar-refractivity contribution >= 4 is 17.7 Å². The van der Waals surface area contributed by atoms with Gasteiger partial charge in [0.1, 0.15) is 0 Å². The Hall–Kier alpha value is -1.10. The van der Waals surface area contributed by atoms with E-state index >= 15 is 0 Å². The molecular weight excluding hydrogens is 354 g/mol. The molecule has 0 radical (unpaired) electrons. The molecule has 148 valence electrons. The van der Waals surface area contributed by atoms with Crippen LogP contribution in [0, 0.1) is 37.0 Å². The molecule has 4 nitrogen and oxygen atoms in total. The van der Waals surface area contributed by atoms with Crippen LogP contribution in [0.3, 0.4) is 0 Å². The van der Waals surface area contributed by atoms with Gasteiger partial charge < -0.3 is 5.32 Å². The van der Waals surface area contributed by atoms with Crippen molar-refractivity contribution < 1.29 is 4.79 Å². The molecule has 4 aliphatic rings. The van der Waals surface area contributed by atoms with Crippen LogP contribution in [0.25, 0.3) is 0 Å². The number of nitrogens with one attached hydrogen (secondary N) is 1. The van der Waals surface area contributed by atoms with Crippen LogP contribution in [0.2, 0.25) is 0 Å². The average molecular weight is 388 g/mol. The Morgan fingerprint density at radius 3 is 2.11 bits per heavy atom. The fourth-order valence-corrected chi connectivity index (χ4v) is 7.03. The lowest BCUT2D eigenvalue weighted by atomic mass is 9.48. The smallest absolute Gasteiger partial charge is 0.220 e. The number of carbonyl (C=O) groups excluding carboxylic acids is 1. The number of carbonyl (C=O) groups is 1. The molecule has 1 amide bonds. The summed E-state index contributed by atoms with van der Waals surface area (Å²) in [5.41, 5.74) is 3.52. The van der Waals surface area contributed by atoms with Crippen molar-refractivity contribution in [3.63, 3.8) is 0 Å². The van der Waals surface area contributed by atoms with Gasteiger partial charge in [-0.3, -0.25) is 4.79 Å². The first-order valence-corrected chi connectivity index (χ1v) is 11.8. The Morgan fingerprint density at radius 2 is 1.63 bits per heavy atom. The third kappa shape index (κ3) is 3.76. The maximum absolute atomic E-state index is 12.7. The van der Waals surface area contributed by atoms with Gasteiger partial charge in [-0.25, -0.2) is 9.97 Å². The van der Waals surface area contributed by atoms with Crippen LogP contribution in [0.15, 0.2) is 5.16 Å². The Kier molecular flexibility index (Phi) is 5.26. The number of aromatic nitrogens is 2. The number of hydrogen-bond donors (Lipinski definition) is 1. The Labute approximate surface area is 167 Å². The molecule has 0 aromatic carbocycles. The number of thioether (sulfide) groups is 1. The van der Waals surface area contributed by atoms with Crippen molar-refractivity contribution in [2.45, 2.75) is 83.3 Å². The molecule has 0 unspecified atom stereocenters. The predicted molar refractivity (Wildman–Crippen MR) is 110 cm³/mol. The molecule has 1 aromatic rings. The maximum Gasteiger partial charge on any atom is 0.220 e. The first-order valence-electron chi connectivity index (χ1n) is 10.6. The average Bonchev–Trinajstić information content (AvgIpc) is 2.59. The van der Waals surface area contributed by atoms with Crippen LogP contribution in [-0.2, 0) is 11.2 Å². The predicted octanol–water partition coefficient (Wildman–Crippen LogP) is 4.47. The topological polar surface area (TPSA) is 54.9 Å². The van der Waals surface area contributed by atoms with E-state index in [1.54, 1.807) is 11.8 Å². The van der Waals surface area contributed by atoms with Crippen molar-refractivity contribution in [1.29, 1.82) is 0 Å². The molecule has 1 aromatic heterocycles. The zero-order valence-corrected chi connectivity index (χ0v) is 18.0. The molecule has 0 aliphatic heterocycles. The Morgan fingerprint density at radius 1 is 1.11 bits per heavy atom. The quantitative estimate of drug-likeness (QED) is 0.578. The van der Waals surface area contributed by atoms with Gasteiger partial charge in [-0.05, 0) is 101 Å². The van der Waals surface area contributed by atoms with Crippen LogP contribution < -0.4 is 5.32 Å². The summed E-state index contributed by atoms with van der Waals surface area (Å²) in [5, 5.41) is 4.20. The number of rotatable bonds is 6. The van der Waals surface area contributed by atoms with Crippen molar-refractivity contribution in [1.82, 2.24) is 15.3 Å². The summed E-state index contributed by atoms with van der Waals surface area (Å²) in [5.74, 6) is 2.96. The molecule has 1 heterocycles. The van der Waals surface area contributed by atoms with Gasteiger partial charge in [0.2, 0.25) is 5.91 Å². The van der Waals surface area contributed by atoms with Gasteiger partial charge in [-0.15, -0.1) is 0 Å². The van der Waals surface area contributed by atoms with E-state index in [1.807, 2.05) is 20.1 Å². The second kappa shape index (κ2) is 7.38. The fourth-order valence-electron chi connectivity index (χ4n) is 6.58. The summed E-state index contributed by atoms with van der Waals surface area (Å²) in [6.07, 6.45) is 11.6. The van der Waals surface area contributed by atoms with E-state index in [9.17, 15) is 4.79 Å². The normalized spacial score (nSPS) is 32.5. The highest BCUT2D eigenvalue weighted by molar-refractivity contribution is 7.98. The highest BCUT2D eigenvalue weighted by atomic mass is 32.2. The first kappa shape index (κ1) is 19.2. The lowest BCUT2D eigenvalue weighted by Gasteiger charge is -2.59. The fraction of sp³-hybridized carbons (Fsp3) is 0.773. The van der Waals surface area contributed by atoms with E-state index in [-0.39, 0.29) is 5.91 Å². The van der Waals surface area contributed by atoms with Gasteiger partial charge in [0.05, 0.1) is 0 Å². The summed E-state index contributed by atoms with van der Waals surface area (Å²) in [7, 11) is 0. The molecule has 27 heavy (non-hydrogen) atoms. The van der Waals surface area contributed by atoms with Gasteiger partial charge in [0, 0.05) is 23.9 Å². The van der Waals surface area contributed by atoms with E-state index in [1.165, 1.54) is 38.5 Å². The summed E-state index contributed by atoms with van der Waals surface area (Å²) < 4.78 is 0. The third-order valence-electron chi connectivity index (χ3n) is 7.57. The molecule has 4 saturated carbocycles. The van der Waals surface area contributed by atoms with Crippen molar-refractivity contribution in [2.75, 3.05) is 6.26 Å². The number of amides is 1. The Balaban J connectivity index is 1.36. The molecule has 1 atom stereocenters. The number of nitrogens with zero attached hydrogens (tertiary/aromatic N) is 2. The van der Waals surface area contributed by atoms with Gasteiger partial charge in [-0.2, -0.15) is 0 Å². The molecule has 0 saturated heterocycles. The van der Waals surface area contributed by atoms with Crippen LogP contribution in [-0.4, -0.2) is 28.2 Å². The molecular formula is C22H33N3OS. The molecule has 4 aliphatic carbocycles. The van der Waals surface area contributed by atoms with Gasteiger partial charge in [0.25, 0.3) is 0 Å². The molecule has 0 spiro atoms. The minimum absolute atomic E-state index is 0.186. The monoisotopic (exact) mass is 387 g/mol. The van der Waals surface area contributed by atoms with Gasteiger partial charge in [-0.1, -0.05) is 11.8 Å². The van der Waals surface area contributed by atoms with E-state index in [0.717, 1.165) is 46.3 Å². The van der Waals surface area contributed by atoms with Gasteiger partial charge in [0.15, 0.2) is 5.16 Å². The maximum atomic E-state index is 12.7.